The van der Waals surface area contributed by atoms with Gasteiger partial charge in [0.25, 0.3) is 5.69 Å². The molecule has 0 aliphatic rings. The van der Waals surface area contributed by atoms with E-state index in [2.05, 4.69) is 21.2 Å². The summed E-state index contributed by atoms with van der Waals surface area (Å²) in [6.07, 6.45) is -0.603. The normalized spacial score (nSPS) is 12.1. The predicted octanol–water partition coefficient (Wildman–Crippen LogP) is 3.56. The van der Waals surface area contributed by atoms with Crippen molar-refractivity contribution in [1.82, 2.24) is 0 Å². The Morgan fingerprint density at radius 3 is 2.84 bits per heavy atom. The fourth-order valence-electron chi connectivity index (χ4n) is 1.55. The highest BCUT2D eigenvalue weighted by atomic mass is 79.9. The van der Waals surface area contributed by atoms with Gasteiger partial charge in [0.2, 0.25) is 0 Å². The Morgan fingerprint density at radius 1 is 1.47 bits per heavy atom. The molecule has 100 valence electrons. The van der Waals surface area contributed by atoms with Crippen molar-refractivity contribution >= 4 is 38.6 Å². The van der Waals surface area contributed by atoms with Crippen LogP contribution in [0.25, 0.3) is 0 Å². The molecular formula is C12H11BrN2O3S. The zero-order valence-corrected chi connectivity index (χ0v) is 12.1. The summed E-state index contributed by atoms with van der Waals surface area (Å²) in [6, 6.07) is 6.33. The van der Waals surface area contributed by atoms with E-state index >= 15 is 0 Å². The summed E-state index contributed by atoms with van der Waals surface area (Å²) in [4.78, 5) is 10.2. The average Bonchev–Trinajstić information content (AvgIpc) is 2.90. The summed E-state index contributed by atoms with van der Waals surface area (Å²) in [7, 11) is 0. The van der Waals surface area contributed by atoms with Crippen LogP contribution in [0.15, 0.2) is 39.5 Å². The topological polar surface area (TPSA) is 75.4 Å². The Labute approximate surface area is 122 Å². The van der Waals surface area contributed by atoms with Crippen molar-refractivity contribution in [3.8, 4) is 0 Å². The highest BCUT2D eigenvalue weighted by molar-refractivity contribution is 9.10. The first kappa shape index (κ1) is 14.0. The lowest BCUT2D eigenvalue weighted by Gasteiger charge is -2.12. The van der Waals surface area contributed by atoms with Crippen LogP contribution < -0.4 is 5.32 Å². The van der Waals surface area contributed by atoms with Crippen molar-refractivity contribution in [3.05, 3.63) is 55.2 Å². The lowest BCUT2D eigenvalue weighted by atomic mass is 10.2. The highest BCUT2D eigenvalue weighted by Crippen LogP contribution is 2.27. The molecule has 0 spiro atoms. The van der Waals surface area contributed by atoms with Gasteiger partial charge in [0.1, 0.15) is 0 Å². The van der Waals surface area contributed by atoms with Gasteiger partial charge >= 0.3 is 0 Å². The summed E-state index contributed by atoms with van der Waals surface area (Å²) >= 11 is 4.79. The molecule has 2 rings (SSSR count). The molecule has 1 aromatic carbocycles. The molecule has 0 fully saturated rings. The Kier molecular flexibility index (Phi) is 4.52. The number of nitro benzene ring substituents is 1. The largest absolute Gasteiger partial charge is 0.387 e. The number of halogens is 1. The number of benzene rings is 1. The molecule has 19 heavy (non-hydrogen) atoms. The first-order chi connectivity index (χ1) is 9.08. The smallest absolute Gasteiger partial charge is 0.270 e. The lowest BCUT2D eigenvalue weighted by molar-refractivity contribution is -0.384. The number of thiophene rings is 1. The molecule has 1 unspecified atom stereocenters. The third-order valence-electron chi connectivity index (χ3n) is 2.58. The first-order valence-corrected chi connectivity index (χ1v) is 7.19. The standard InChI is InChI=1S/C12H11BrN2O3S/c13-10-5-9(15(17)18)1-2-11(10)14-6-12(16)8-3-4-19-7-8/h1-5,7,12,14,16H,6H2. The third kappa shape index (κ3) is 3.52. The van der Waals surface area contributed by atoms with Crippen molar-refractivity contribution in [2.24, 2.45) is 0 Å². The molecule has 7 heteroatoms. The maximum absolute atomic E-state index is 10.6. The predicted molar refractivity (Wildman–Crippen MR) is 78.6 cm³/mol. The van der Waals surface area contributed by atoms with Gasteiger partial charge in [-0.25, -0.2) is 0 Å². The zero-order valence-electron chi connectivity index (χ0n) is 9.75. The number of hydrogen-bond donors (Lipinski definition) is 2. The van der Waals surface area contributed by atoms with Gasteiger partial charge in [-0.2, -0.15) is 11.3 Å². The van der Waals surface area contributed by atoms with Gasteiger partial charge in [-0.1, -0.05) is 0 Å². The number of aliphatic hydroxyl groups excluding tert-OH is 1. The van der Waals surface area contributed by atoms with Crippen molar-refractivity contribution in [2.45, 2.75) is 6.10 Å². The number of nitrogens with one attached hydrogen (secondary N) is 1. The van der Waals surface area contributed by atoms with E-state index in [0.717, 1.165) is 5.56 Å². The third-order valence-corrected chi connectivity index (χ3v) is 3.93. The minimum atomic E-state index is -0.603. The van der Waals surface area contributed by atoms with E-state index < -0.39 is 11.0 Å². The summed E-state index contributed by atoms with van der Waals surface area (Å²) in [5.41, 5.74) is 1.59. The number of hydrogen-bond acceptors (Lipinski definition) is 5. The van der Waals surface area contributed by atoms with Gasteiger partial charge in [-0.3, -0.25) is 10.1 Å². The zero-order chi connectivity index (χ0) is 13.8. The van der Waals surface area contributed by atoms with Crippen LogP contribution >= 0.6 is 27.3 Å². The van der Waals surface area contributed by atoms with E-state index in [0.29, 0.717) is 16.7 Å². The van der Waals surface area contributed by atoms with Gasteiger partial charge in [0.15, 0.2) is 0 Å². The molecule has 0 saturated heterocycles. The van der Waals surface area contributed by atoms with Gasteiger partial charge in [0, 0.05) is 28.8 Å². The fraction of sp³-hybridized carbons (Fsp3) is 0.167. The van der Waals surface area contributed by atoms with Gasteiger partial charge in [-0.15, -0.1) is 0 Å². The molecule has 0 aliphatic heterocycles. The van der Waals surface area contributed by atoms with Crippen LogP contribution in [0.3, 0.4) is 0 Å². The summed E-state index contributed by atoms with van der Waals surface area (Å²) in [5, 5.41) is 27.4. The Balaban J connectivity index is 2.02. The maximum Gasteiger partial charge on any atom is 0.270 e. The average molecular weight is 343 g/mol. The molecule has 1 aromatic heterocycles. The van der Waals surface area contributed by atoms with E-state index in [-0.39, 0.29) is 5.69 Å². The van der Waals surface area contributed by atoms with Crippen LogP contribution in [-0.4, -0.2) is 16.6 Å². The Bertz CT molecular complexity index is 574. The molecule has 1 atom stereocenters. The number of nitrogens with zero attached hydrogens (tertiary/aromatic N) is 1. The number of anilines is 1. The Hall–Kier alpha value is -1.44. The van der Waals surface area contributed by atoms with Gasteiger partial charge in [0.05, 0.1) is 11.0 Å². The molecule has 5 nitrogen and oxygen atoms in total. The second kappa shape index (κ2) is 6.14. The molecule has 0 amide bonds. The number of nitro groups is 1. The van der Waals surface area contributed by atoms with Crippen LogP contribution in [0.5, 0.6) is 0 Å². The van der Waals surface area contributed by atoms with Crippen molar-refractivity contribution < 1.29 is 10.0 Å². The molecule has 1 heterocycles. The van der Waals surface area contributed by atoms with Gasteiger partial charge < -0.3 is 10.4 Å². The lowest BCUT2D eigenvalue weighted by Crippen LogP contribution is -2.11. The summed E-state index contributed by atoms with van der Waals surface area (Å²) in [6.45, 7) is 0.340. The summed E-state index contributed by atoms with van der Waals surface area (Å²) in [5.74, 6) is 0. The second-order valence-electron chi connectivity index (χ2n) is 3.87. The van der Waals surface area contributed by atoms with Crippen LogP contribution in [0, 0.1) is 10.1 Å². The maximum atomic E-state index is 10.6. The van der Waals surface area contributed by atoms with Crippen LogP contribution in [0.1, 0.15) is 11.7 Å². The van der Waals surface area contributed by atoms with Gasteiger partial charge in [-0.05, 0) is 44.4 Å². The number of rotatable bonds is 5. The highest BCUT2D eigenvalue weighted by Gasteiger charge is 2.11. The minimum Gasteiger partial charge on any atom is -0.387 e. The van der Waals surface area contributed by atoms with E-state index in [9.17, 15) is 15.2 Å². The minimum absolute atomic E-state index is 0.0239. The molecular weight excluding hydrogens is 332 g/mol. The monoisotopic (exact) mass is 342 g/mol. The van der Waals surface area contributed by atoms with Crippen molar-refractivity contribution in [2.75, 3.05) is 11.9 Å². The number of non-ortho nitro benzene ring substituents is 1. The molecule has 0 bridgehead atoms. The second-order valence-corrected chi connectivity index (χ2v) is 5.51. The fourth-order valence-corrected chi connectivity index (χ4v) is 2.76. The van der Waals surface area contributed by atoms with E-state index in [4.69, 9.17) is 0 Å². The molecule has 0 aliphatic carbocycles. The van der Waals surface area contributed by atoms with E-state index in [1.165, 1.54) is 23.5 Å². The molecule has 0 saturated carbocycles. The van der Waals surface area contributed by atoms with E-state index in [1.54, 1.807) is 6.07 Å². The molecule has 2 N–H and O–H groups in total. The van der Waals surface area contributed by atoms with Crippen molar-refractivity contribution in [1.29, 1.82) is 0 Å². The summed E-state index contributed by atoms with van der Waals surface area (Å²) < 4.78 is 0.596. The van der Waals surface area contributed by atoms with Crippen molar-refractivity contribution in [3.63, 3.8) is 0 Å². The van der Waals surface area contributed by atoms with Crippen LogP contribution in [-0.2, 0) is 0 Å². The first-order valence-electron chi connectivity index (χ1n) is 5.46. The van der Waals surface area contributed by atoms with E-state index in [1.807, 2.05) is 16.8 Å². The Morgan fingerprint density at radius 2 is 2.26 bits per heavy atom. The van der Waals surface area contributed by atoms with Crippen LogP contribution in [0.2, 0.25) is 0 Å². The molecule has 2 aromatic rings. The molecule has 0 radical (unpaired) electrons. The number of aliphatic hydroxyl groups is 1. The quantitative estimate of drug-likeness (QED) is 0.643. The SMILES string of the molecule is O=[N+]([O-])c1ccc(NCC(O)c2ccsc2)c(Br)c1. The van der Waals surface area contributed by atoms with Crippen LogP contribution in [0.4, 0.5) is 11.4 Å².